The predicted molar refractivity (Wildman–Crippen MR) is 111 cm³/mol. The zero-order chi connectivity index (χ0) is 19.5. The van der Waals surface area contributed by atoms with Gasteiger partial charge in [0.05, 0.1) is 5.56 Å². The van der Waals surface area contributed by atoms with Gasteiger partial charge in [0, 0.05) is 72.7 Å². The first-order valence-electron chi connectivity index (χ1n) is 10.1. The number of hydrogen-bond acceptors (Lipinski definition) is 4. The van der Waals surface area contributed by atoms with E-state index in [4.69, 9.17) is 0 Å². The van der Waals surface area contributed by atoms with E-state index < -0.39 is 0 Å². The van der Waals surface area contributed by atoms with Crippen molar-refractivity contribution in [3.8, 4) is 11.1 Å². The van der Waals surface area contributed by atoms with Crippen LogP contribution in [0.25, 0.3) is 27.8 Å². The molecule has 0 radical (unpaired) electrons. The number of pyridine rings is 2. The summed E-state index contributed by atoms with van der Waals surface area (Å²) in [5.41, 5.74) is 4.48. The molecule has 2 atom stereocenters. The highest BCUT2D eigenvalue weighted by Crippen LogP contribution is 2.33. The fraction of sp³-hybridized carbons (Fsp3) is 0.318. The number of amides is 1. The highest BCUT2D eigenvalue weighted by Gasteiger charge is 2.41. The highest BCUT2D eigenvalue weighted by atomic mass is 16.2. The topological polar surface area (TPSA) is 69.5 Å². The third kappa shape index (κ3) is 2.57. The molecule has 2 aliphatic rings. The van der Waals surface area contributed by atoms with Gasteiger partial charge in [-0.05, 0) is 38.1 Å². The van der Waals surface area contributed by atoms with Crippen LogP contribution < -0.4 is 0 Å². The number of fused-ring (bicyclic) bond motifs is 4. The molecule has 2 fully saturated rings. The van der Waals surface area contributed by atoms with Gasteiger partial charge in [-0.1, -0.05) is 0 Å². The fourth-order valence-electron chi connectivity index (χ4n) is 5.03. The lowest BCUT2D eigenvalue weighted by molar-refractivity contribution is 0.0472. The van der Waals surface area contributed by atoms with Crippen LogP contribution in [0.2, 0.25) is 0 Å². The number of hydrogen-bond donors (Lipinski definition) is 1. The molecule has 4 aromatic heterocycles. The van der Waals surface area contributed by atoms with Crippen molar-refractivity contribution in [2.24, 2.45) is 0 Å². The highest BCUT2D eigenvalue weighted by molar-refractivity contribution is 6.01. The Morgan fingerprint density at radius 3 is 2.83 bits per heavy atom. The molecule has 2 saturated heterocycles. The van der Waals surface area contributed by atoms with Crippen molar-refractivity contribution in [1.82, 2.24) is 29.2 Å². The Bertz CT molecular complexity index is 1230. The first-order valence-corrected chi connectivity index (χ1v) is 10.1. The van der Waals surface area contributed by atoms with Crippen LogP contribution in [0.15, 0.2) is 49.2 Å². The summed E-state index contributed by atoms with van der Waals surface area (Å²) in [4.78, 5) is 29.9. The molecule has 0 saturated carbocycles. The van der Waals surface area contributed by atoms with E-state index in [1.807, 2.05) is 28.9 Å². The zero-order valence-electron chi connectivity index (χ0n) is 16.2. The third-order valence-corrected chi connectivity index (χ3v) is 6.38. The summed E-state index contributed by atoms with van der Waals surface area (Å²) in [7, 11) is 2.14. The van der Waals surface area contributed by atoms with E-state index in [9.17, 15) is 4.79 Å². The van der Waals surface area contributed by atoms with Gasteiger partial charge in [-0.3, -0.25) is 4.79 Å². The molecule has 146 valence electrons. The standard InChI is InChI=1S/C22H22N6O/c1-26-12-16-3-4-17(13-26)28(16)22(29)15-8-18-19(10-25-21(18)24-9-15)14-2-5-20-23-6-7-27(20)11-14/h2,5-11,16-17H,3-4,12-13H2,1H3,(H,24,25). The number of nitrogens with zero attached hydrogens (tertiary/aromatic N) is 5. The molecule has 6 rings (SSSR count). The van der Waals surface area contributed by atoms with Crippen molar-refractivity contribution in [2.75, 3.05) is 20.1 Å². The number of aromatic nitrogens is 4. The Hall–Kier alpha value is -3.19. The molecule has 7 heteroatoms. The molecule has 7 nitrogen and oxygen atoms in total. The summed E-state index contributed by atoms with van der Waals surface area (Å²) in [6.07, 6.45) is 11.6. The Balaban J connectivity index is 1.40. The summed E-state index contributed by atoms with van der Waals surface area (Å²) in [5, 5.41) is 0.969. The Morgan fingerprint density at radius 1 is 1.17 bits per heavy atom. The smallest absolute Gasteiger partial charge is 0.256 e. The van der Waals surface area contributed by atoms with Gasteiger partial charge in [-0.2, -0.15) is 0 Å². The molecular formula is C22H22N6O. The molecule has 29 heavy (non-hydrogen) atoms. The van der Waals surface area contributed by atoms with E-state index in [0.29, 0.717) is 17.6 Å². The lowest BCUT2D eigenvalue weighted by Crippen LogP contribution is -2.54. The molecule has 0 aromatic carbocycles. The molecule has 6 heterocycles. The van der Waals surface area contributed by atoms with Crippen LogP contribution in [-0.2, 0) is 0 Å². The third-order valence-electron chi connectivity index (χ3n) is 6.38. The number of carbonyl (C=O) groups is 1. The summed E-state index contributed by atoms with van der Waals surface area (Å²) >= 11 is 0. The van der Waals surface area contributed by atoms with Crippen LogP contribution in [0.3, 0.4) is 0 Å². The van der Waals surface area contributed by atoms with Gasteiger partial charge in [0.25, 0.3) is 5.91 Å². The maximum atomic E-state index is 13.4. The van der Waals surface area contributed by atoms with Crippen LogP contribution in [-0.4, -0.2) is 67.3 Å². The number of likely N-dealkylation sites (N-methyl/N-ethyl adjacent to an activating group) is 1. The number of nitrogens with one attached hydrogen (secondary N) is 1. The minimum absolute atomic E-state index is 0.109. The number of piperazine rings is 1. The SMILES string of the molecule is CN1CC2CCC(C1)N2C(=O)c1cnc2[nH]cc(-c3ccc4nccn4c3)c2c1. The van der Waals surface area contributed by atoms with Crippen molar-refractivity contribution >= 4 is 22.6 Å². The van der Waals surface area contributed by atoms with Crippen molar-refractivity contribution in [2.45, 2.75) is 24.9 Å². The van der Waals surface area contributed by atoms with Crippen LogP contribution in [0.1, 0.15) is 23.2 Å². The van der Waals surface area contributed by atoms with Crippen molar-refractivity contribution < 1.29 is 4.79 Å². The normalized spacial score (nSPS) is 22.0. The van der Waals surface area contributed by atoms with Crippen LogP contribution >= 0.6 is 0 Å². The molecule has 2 bridgehead atoms. The largest absolute Gasteiger partial charge is 0.346 e. The fourth-order valence-corrected chi connectivity index (χ4v) is 5.03. The molecule has 2 aliphatic heterocycles. The van der Waals surface area contributed by atoms with E-state index in [1.165, 1.54) is 0 Å². The maximum absolute atomic E-state index is 13.4. The van der Waals surface area contributed by atoms with Gasteiger partial charge < -0.3 is 19.2 Å². The van der Waals surface area contributed by atoms with E-state index in [-0.39, 0.29) is 5.91 Å². The number of rotatable bonds is 2. The minimum Gasteiger partial charge on any atom is -0.346 e. The molecule has 1 N–H and O–H groups in total. The van der Waals surface area contributed by atoms with Crippen molar-refractivity contribution in [3.05, 3.63) is 54.7 Å². The summed E-state index contributed by atoms with van der Waals surface area (Å²) in [6.45, 7) is 1.91. The first kappa shape index (κ1) is 16.7. The number of likely N-dealkylation sites (tertiary alicyclic amines) is 1. The van der Waals surface area contributed by atoms with Crippen LogP contribution in [0.5, 0.6) is 0 Å². The summed E-state index contributed by atoms with van der Waals surface area (Å²) < 4.78 is 2.00. The van der Waals surface area contributed by atoms with Gasteiger partial charge in [0.15, 0.2) is 0 Å². The van der Waals surface area contributed by atoms with Crippen LogP contribution in [0.4, 0.5) is 0 Å². The Labute approximate surface area is 168 Å². The Morgan fingerprint density at radius 2 is 2.00 bits per heavy atom. The van der Waals surface area contributed by atoms with E-state index in [1.54, 1.807) is 12.4 Å². The zero-order valence-corrected chi connectivity index (χ0v) is 16.2. The maximum Gasteiger partial charge on any atom is 0.256 e. The monoisotopic (exact) mass is 386 g/mol. The predicted octanol–water partition coefficient (Wildman–Crippen LogP) is 2.80. The van der Waals surface area contributed by atoms with Crippen LogP contribution in [0, 0.1) is 0 Å². The quantitative estimate of drug-likeness (QED) is 0.575. The van der Waals surface area contributed by atoms with Gasteiger partial charge in [0.2, 0.25) is 0 Å². The molecular weight excluding hydrogens is 364 g/mol. The molecule has 4 aromatic rings. The molecule has 2 unspecified atom stereocenters. The lowest BCUT2D eigenvalue weighted by Gasteiger charge is -2.39. The molecule has 1 amide bonds. The first-order chi connectivity index (χ1) is 14.2. The lowest BCUT2D eigenvalue weighted by atomic mass is 10.1. The van der Waals surface area contributed by atoms with Crippen molar-refractivity contribution in [3.63, 3.8) is 0 Å². The van der Waals surface area contributed by atoms with Gasteiger partial charge in [-0.25, -0.2) is 9.97 Å². The van der Waals surface area contributed by atoms with Crippen molar-refractivity contribution in [1.29, 1.82) is 0 Å². The molecule has 0 spiro atoms. The minimum atomic E-state index is 0.109. The summed E-state index contributed by atoms with van der Waals surface area (Å²) in [5.74, 6) is 0.109. The second kappa shape index (κ2) is 6.15. The number of carbonyl (C=O) groups excluding carboxylic acids is 1. The number of H-pyrrole nitrogens is 1. The average molecular weight is 386 g/mol. The van der Waals surface area contributed by atoms with E-state index in [0.717, 1.165) is 53.7 Å². The van der Waals surface area contributed by atoms with E-state index >= 15 is 0 Å². The van der Waals surface area contributed by atoms with E-state index in [2.05, 4.69) is 44.1 Å². The second-order valence-electron chi connectivity index (χ2n) is 8.25. The summed E-state index contributed by atoms with van der Waals surface area (Å²) in [6, 6.07) is 6.68. The Kier molecular flexibility index (Phi) is 3.55. The van der Waals surface area contributed by atoms with Gasteiger partial charge >= 0.3 is 0 Å². The van der Waals surface area contributed by atoms with Gasteiger partial charge in [-0.15, -0.1) is 0 Å². The number of aromatic amines is 1. The second-order valence-corrected chi connectivity index (χ2v) is 8.25. The molecule has 0 aliphatic carbocycles. The average Bonchev–Trinajstić information content (AvgIpc) is 3.42. The number of imidazole rings is 1. The van der Waals surface area contributed by atoms with Gasteiger partial charge in [0.1, 0.15) is 11.3 Å².